The normalized spacial score (nSPS) is 20.9. The van der Waals surface area contributed by atoms with Crippen molar-refractivity contribution in [2.24, 2.45) is 5.92 Å². The largest absolute Gasteiger partial charge is 0.491 e. The Hall–Kier alpha value is -3.46. The zero-order valence-electron chi connectivity index (χ0n) is 18.0. The number of aliphatic hydroxyl groups excluding tert-OH is 1. The molecule has 0 atom stereocenters. The summed E-state index contributed by atoms with van der Waals surface area (Å²) in [6.45, 7) is 0.190. The Labute approximate surface area is 184 Å². The summed E-state index contributed by atoms with van der Waals surface area (Å²) >= 11 is 0. The van der Waals surface area contributed by atoms with Crippen LogP contribution < -0.4 is 15.6 Å². The van der Waals surface area contributed by atoms with Gasteiger partial charge in [0, 0.05) is 31.4 Å². The molecule has 2 bridgehead atoms. The van der Waals surface area contributed by atoms with Crippen LogP contribution in [0.5, 0.6) is 5.75 Å². The van der Waals surface area contributed by atoms with Crippen molar-refractivity contribution in [3.8, 4) is 5.75 Å². The van der Waals surface area contributed by atoms with E-state index in [2.05, 4.69) is 15.3 Å². The van der Waals surface area contributed by atoms with E-state index in [0.29, 0.717) is 28.6 Å². The minimum Gasteiger partial charge on any atom is -0.491 e. The first kappa shape index (κ1) is 20.4. The first-order chi connectivity index (χ1) is 15.4. The predicted octanol–water partition coefficient (Wildman–Crippen LogP) is 2.12. The highest BCUT2D eigenvalue weighted by Crippen LogP contribution is 2.62. The Morgan fingerprint density at radius 1 is 1.28 bits per heavy atom. The predicted molar refractivity (Wildman–Crippen MR) is 119 cm³/mol. The van der Waals surface area contributed by atoms with Crippen LogP contribution in [0.25, 0.3) is 11.0 Å². The van der Waals surface area contributed by atoms with Gasteiger partial charge in [0.05, 0.1) is 12.1 Å². The zero-order chi connectivity index (χ0) is 22.5. The van der Waals surface area contributed by atoms with E-state index in [9.17, 15) is 9.59 Å². The molecule has 9 heteroatoms. The molecular weight excluding hydrogens is 410 g/mol. The van der Waals surface area contributed by atoms with Crippen molar-refractivity contribution in [2.75, 3.05) is 32.6 Å². The van der Waals surface area contributed by atoms with Crippen LogP contribution >= 0.6 is 0 Å². The Balaban J connectivity index is 1.53. The van der Waals surface area contributed by atoms with Crippen molar-refractivity contribution in [2.45, 2.75) is 24.8 Å². The molecule has 166 valence electrons. The summed E-state index contributed by atoms with van der Waals surface area (Å²) in [4.78, 5) is 36.5. The first-order valence-electron chi connectivity index (χ1n) is 10.7. The molecule has 3 saturated carbocycles. The molecule has 0 spiro atoms. The quantitative estimate of drug-likeness (QED) is 0.585. The lowest BCUT2D eigenvalue weighted by atomic mass is 9.49. The van der Waals surface area contributed by atoms with E-state index in [1.165, 1.54) is 4.90 Å². The summed E-state index contributed by atoms with van der Waals surface area (Å²) in [5, 5.41) is 12.7. The van der Waals surface area contributed by atoms with Crippen molar-refractivity contribution in [3.05, 3.63) is 52.4 Å². The lowest BCUT2D eigenvalue weighted by molar-refractivity contribution is -0.0884. The minimum absolute atomic E-state index is 0.0449. The highest BCUT2D eigenvalue weighted by Gasteiger charge is 2.59. The fourth-order valence-corrected chi connectivity index (χ4v) is 4.62. The van der Waals surface area contributed by atoms with E-state index < -0.39 is 0 Å². The van der Waals surface area contributed by atoms with Crippen LogP contribution in [0.1, 0.15) is 29.6 Å². The molecule has 3 aromatic rings. The molecule has 1 amide bonds. The fraction of sp³-hybridized carbons (Fsp3) is 0.391. The molecule has 0 unspecified atom stereocenters. The van der Waals surface area contributed by atoms with Gasteiger partial charge in [-0.3, -0.25) is 14.2 Å². The lowest BCUT2D eigenvalue weighted by Gasteiger charge is -2.62. The molecule has 3 aliphatic rings. The number of carbonyl (C=O) groups excluding carboxylic acids is 1. The standard InChI is InChI=1S/C23H25N5O4/c1-27(2)20(30)18-9-15-13-24-22(25-16-3-5-17(6-4-16)32-8-7-29)26-19(15)28(21(18)31)23-10-14(11-23)12-23/h3-6,9,13-14,29H,7-8,10-12H2,1-2H3,(H,24,25,26). The summed E-state index contributed by atoms with van der Waals surface area (Å²) in [6, 6.07) is 8.82. The molecular formula is C23H25N5O4. The van der Waals surface area contributed by atoms with E-state index in [-0.39, 0.29) is 35.8 Å². The van der Waals surface area contributed by atoms with Crippen LogP contribution in [0.15, 0.2) is 41.3 Å². The molecule has 9 nitrogen and oxygen atoms in total. The zero-order valence-corrected chi connectivity index (χ0v) is 18.0. The number of hydrogen-bond donors (Lipinski definition) is 2. The number of nitrogens with zero attached hydrogens (tertiary/aromatic N) is 4. The number of nitrogens with one attached hydrogen (secondary N) is 1. The highest BCUT2D eigenvalue weighted by atomic mass is 16.5. The van der Waals surface area contributed by atoms with Gasteiger partial charge in [0.2, 0.25) is 5.95 Å². The number of benzene rings is 1. The molecule has 2 heterocycles. The van der Waals surface area contributed by atoms with E-state index in [4.69, 9.17) is 9.84 Å². The third kappa shape index (κ3) is 3.29. The molecule has 3 aliphatic carbocycles. The van der Waals surface area contributed by atoms with Crippen LogP contribution in [0.2, 0.25) is 0 Å². The topological polar surface area (TPSA) is 110 Å². The number of aliphatic hydroxyl groups is 1. The monoisotopic (exact) mass is 435 g/mol. The second-order valence-electron chi connectivity index (χ2n) is 8.79. The summed E-state index contributed by atoms with van der Waals surface area (Å²) in [5.41, 5.74) is 0.933. The van der Waals surface area contributed by atoms with Gasteiger partial charge in [0.25, 0.3) is 11.5 Å². The van der Waals surface area contributed by atoms with Crippen molar-refractivity contribution in [3.63, 3.8) is 0 Å². The van der Waals surface area contributed by atoms with Gasteiger partial charge in [-0.25, -0.2) is 4.98 Å². The van der Waals surface area contributed by atoms with Crippen molar-refractivity contribution >= 4 is 28.6 Å². The van der Waals surface area contributed by atoms with Gasteiger partial charge in [0.15, 0.2) is 0 Å². The third-order valence-electron chi connectivity index (χ3n) is 6.33. The van der Waals surface area contributed by atoms with Gasteiger partial charge in [-0.15, -0.1) is 0 Å². The SMILES string of the molecule is CN(C)C(=O)c1cc2cnc(Nc3ccc(OCCO)cc3)nc2n(C23CC(C2)C3)c1=O. The van der Waals surface area contributed by atoms with Crippen LogP contribution in [0.3, 0.4) is 0 Å². The number of rotatable bonds is 7. The Bertz CT molecular complexity index is 1230. The van der Waals surface area contributed by atoms with Crippen LogP contribution in [0, 0.1) is 5.92 Å². The van der Waals surface area contributed by atoms with E-state index >= 15 is 0 Å². The van der Waals surface area contributed by atoms with E-state index in [1.54, 1.807) is 43.1 Å². The number of anilines is 2. The second-order valence-corrected chi connectivity index (χ2v) is 8.79. The Morgan fingerprint density at radius 3 is 2.59 bits per heavy atom. The maximum atomic E-state index is 13.4. The first-order valence-corrected chi connectivity index (χ1v) is 10.7. The van der Waals surface area contributed by atoms with Crippen molar-refractivity contribution < 1.29 is 14.6 Å². The number of carbonyl (C=O) groups is 1. The van der Waals surface area contributed by atoms with Crippen molar-refractivity contribution in [1.82, 2.24) is 19.4 Å². The van der Waals surface area contributed by atoms with Crippen LogP contribution in [-0.4, -0.2) is 57.8 Å². The van der Waals surface area contributed by atoms with Gasteiger partial charge in [-0.05, 0) is 55.5 Å². The number of amides is 1. The van der Waals surface area contributed by atoms with Gasteiger partial charge in [-0.1, -0.05) is 0 Å². The number of fused-ring (bicyclic) bond motifs is 1. The second kappa shape index (κ2) is 7.59. The van der Waals surface area contributed by atoms with Gasteiger partial charge in [0.1, 0.15) is 23.6 Å². The molecule has 1 aromatic carbocycles. The van der Waals surface area contributed by atoms with Crippen LogP contribution in [0.4, 0.5) is 11.6 Å². The van der Waals surface area contributed by atoms with Gasteiger partial charge >= 0.3 is 0 Å². The Morgan fingerprint density at radius 2 is 2.00 bits per heavy atom. The molecule has 2 N–H and O–H groups in total. The average Bonchev–Trinajstić information content (AvgIpc) is 2.72. The smallest absolute Gasteiger partial charge is 0.265 e. The maximum Gasteiger partial charge on any atom is 0.265 e. The van der Waals surface area contributed by atoms with E-state index in [0.717, 1.165) is 24.9 Å². The minimum atomic E-state index is -0.317. The number of pyridine rings is 1. The van der Waals surface area contributed by atoms with Crippen LogP contribution in [-0.2, 0) is 5.54 Å². The molecule has 0 aliphatic heterocycles. The number of aromatic nitrogens is 3. The van der Waals surface area contributed by atoms with E-state index in [1.807, 2.05) is 12.1 Å². The summed E-state index contributed by atoms with van der Waals surface area (Å²) in [5.74, 6) is 1.37. The molecule has 3 fully saturated rings. The summed E-state index contributed by atoms with van der Waals surface area (Å²) < 4.78 is 7.11. The molecule has 32 heavy (non-hydrogen) atoms. The lowest BCUT2D eigenvalue weighted by Crippen LogP contribution is -2.62. The highest BCUT2D eigenvalue weighted by molar-refractivity contribution is 5.96. The van der Waals surface area contributed by atoms with Gasteiger partial charge < -0.3 is 20.1 Å². The molecule has 6 rings (SSSR count). The maximum absolute atomic E-state index is 13.4. The number of ether oxygens (including phenoxy) is 1. The molecule has 2 aromatic heterocycles. The molecule has 0 radical (unpaired) electrons. The fourth-order valence-electron chi connectivity index (χ4n) is 4.62. The summed E-state index contributed by atoms with van der Waals surface area (Å²) in [6.07, 6.45) is 4.49. The third-order valence-corrected chi connectivity index (χ3v) is 6.33. The van der Waals surface area contributed by atoms with Crippen molar-refractivity contribution in [1.29, 1.82) is 0 Å². The summed E-state index contributed by atoms with van der Waals surface area (Å²) in [7, 11) is 3.28. The number of hydrogen-bond acceptors (Lipinski definition) is 7. The molecule has 0 saturated heterocycles. The average molecular weight is 435 g/mol. The Kier molecular flexibility index (Phi) is 4.85. The van der Waals surface area contributed by atoms with Gasteiger partial charge in [-0.2, -0.15) is 4.98 Å².